The first-order chi connectivity index (χ1) is 9.55. The highest BCUT2D eigenvalue weighted by Crippen LogP contribution is 2.48. The maximum Gasteiger partial charge on any atom is 0.175 e. The Morgan fingerprint density at radius 1 is 1.40 bits per heavy atom. The van der Waals surface area contributed by atoms with Crippen LogP contribution in [0, 0.1) is 0 Å². The van der Waals surface area contributed by atoms with E-state index in [9.17, 15) is 0 Å². The van der Waals surface area contributed by atoms with Crippen molar-refractivity contribution in [2.75, 3.05) is 5.75 Å². The smallest absolute Gasteiger partial charge is 0.175 e. The Morgan fingerprint density at radius 2 is 2.25 bits per heavy atom. The van der Waals surface area contributed by atoms with Crippen molar-refractivity contribution in [3.63, 3.8) is 0 Å². The first-order valence-electron chi connectivity index (χ1n) is 6.51. The van der Waals surface area contributed by atoms with E-state index >= 15 is 0 Å². The van der Waals surface area contributed by atoms with Gasteiger partial charge in [-0.2, -0.15) is 0 Å². The summed E-state index contributed by atoms with van der Waals surface area (Å²) in [4.78, 5) is 0. The van der Waals surface area contributed by atoms with Gasteiger partial charge in [0.2, 0.25) is 0 Å². The fourth-order valence-electron chi connectivity index (χ4n) is 2.86. The first-order valence-corrected chi connectivity index (χ1v) is 8.36. The molecule has 2 saturated heterocycles. The maximum absolute atomic E-state index is 6.05. The molecule has 0 amide bonds. The van der Waals surface area contributed by atoms with Gasteiger partial charge in [0.25, 0.3) is 0 Å². The molecule has 0 radical (unpaired) electrons. The van der Waals surface area contributed by atoms with Crippen LogP contribution in [0.2, 0.25) is 0 Å². The van der Waals surface area contributed by atoms with Gasteiger partial charge in [0.1, 0.15) is 6.10 Å². The van der Waals surface area contributed by atoms with Crippen molar-refractivity contribution in [1.82, 2.24) is 14.6 Å². The van der Waals surface area contributed by atoms with Crippen LogP contribution in [0.15, 0.2) is 22.8 Å². The molecule has 2 aromatic heterocycles. The van der Waals surface area contributed by atoms with Crippen LogP contribution in [0.4, 0.5) is 0 Å². The lowest BCUT2D eigenvalue weighted by Gasteiger charge is -2.20. The lowest BCUT2D eigenvalue weighted by atomic mass is 10.1. The quantitative estimate of drug-likeness (QED) is 0.787. The lowest BCUT2D eigenvalue weighted by Crippen LogP contribution is -2.24. The van der Waals surface area contributed by atoms with Gasteiger partial charge in [0, 0.05) is 11.9 Å². The third-order valence-electron chi connectivity index (χ3n) is 3.63. The Kier molecular flexibility index (Phi) is 2.89. The lowest BCUT2D eigenvalue weighted by molar-refractivity contribution is -0.145. The summed E-state index contributed by atoms with van der Waals surface area (Å²) in [5.41, 5.74) is 0.838. The molecule has 2 aliphatic heterocycles. The summed E-state index contributed by atoms with van der Waals surface area (Å²) in [5, 5.41) is 8.80. The molecule has 0 saturated carbocycles. The van der Waals surface area contributed by atoms with Crippen molar-refractivity contribution in [3.8, 4) is 0 Å². The molecule has 0 bridgehead atoms. The molecular formula is C13H14BrN3O2S. The van der Waals surface area contributed by atoms with Crippen molar-refractivity contribution in [1.29, 1.82) is 0 Å². The minimum atomic E-state index is -0.504. The molecule has 20 heavy (non-hydrogen) atoms. The third kappa shape index (κ3) is 1.91. The van der Waals surface area contributed by atoms with Crippen LogP contribution in [0.1, 0.15) is 24.9 Å². The van der Waals surface area contributed by atoms with Gasteiger partial charge in [-0.1, -0.05) is 0 Å². The van der Waals surface area contributed by atoms with Gasteiger partial charge in [0.15, 0.2) is 17.3 Å². The van der Waals surface area contributed by atoms with E-state index in [1.54, 1.807) is 0 Å². The molecule has 106 valence electrons. The zero-order valence-electron chi connectivity index (χ0n) is 11.1. The van der Waals surface area contributed by atoms with Gasteiger partial charge in [-0.25, -0.2) is 0 Å². The van der Waals surface area contributed by atoms with Crippen LogP contribution in [0.3, 0.4) is 0 Å². The molecule has 0 spiro atoms. The molecule has 4 rings (SSSR count). The van der Waals surface area contributed by atoms with E-state index in [4.69, 9.17) is 9.47 Å². The Hall–Kier alpha value is -0.630. The van der Waals surface area contributed by atoms with Crippen LogP contribution in [-0.4, -0.2) is 38.3 Å². The Labute approximate surface area is 129 Å². The molecular weight excluding hydrogens is 342 g/mol. The molecule has 0 aromatic carbocycles. The highest BCUT2D eigenvalue weighted by atomic mass is 79.9. The molecule has 2 aromatic rings. The van der Waals surface area contributed by atoms with E-state index < -0.39 is 5.79 Å². The van der Waals surface area contributed by atoms with Crippen molar-refractivity contribution >= 4 is 33.3 Å². The summed E-state index contributed by atoms with van der Waals surface area (Å²) in [7, 11) is 0. The topological polar surface area (TPSA) is 48.7 Å². The summed E-state index contributed by atoms with van der Waals surface area (Å²) in [6, 6.07) is 3.95. The SMILES string of the molecule is CC1(C)OC2CS[C@@H](c3nnc4c(Br)cccn34)C2O1. The second-order valence-corrected chi connectivity index (χ2v) is 7.53. The highest BCUT2D eigenvalue weighted by molar-refractivity contribution is 9.10. The first kappa shape index (κ1) is 13.1. The van der Waals surface area contributed by atoms with Gasteiger partial charge in [-0.05, 0) is 41.9 Å². The summed E-state index contributed by atoms with van der Waals surface area (Å²) in [6.45, 7) is 3.93. The van der Waals surface area contributed by atoms with Crippen molar-refractivity contribution in [2.24, 2.45) is 0 Å². The fraction of sp³-hybridized carbons (Fsp3) is 0.538. The second-order valence-electron chi connectivity index (χ2n) is 5.50. The van der Waals surface area contributed by atoms with E-state index in [1.165, 1.54) is 0 Å². The number of halogens is 1. The Bertz CT molecular complexity index is 675. The number of fused-ring (bicyclic) bond motifs is 2. The number of thioether (sulfide) groups is 1. The van der Waals surface area contributed by atoms with Crippen LogP contribution in [-0.2, 0) is 9.47 Å². The number of pyridine rings is 1. The molecule has 5 nitrogen and oxygen atoms in total. The van der Waals surface area contributed by atoms with Crippen LogP contribution >= 0.6 is 27.7 Å². The third-order valence-corrected chi connectivity index (χ3v) is 5.61. The molecule has 0 N–H and O–H groups in total. The standard InChI is InChI=1S/C13H14BrN3O2S/c1-13(2)18-8-6-20-10(9(8)19-13)12-16-15-11-7(14)4-3-5-17(11)12/h3-5,8-10H,6H2,1-2H3/t8?,9?,10-/m1/s1. The average Bonchev–Trinajstić information content (AvgIpc) is 3.01. The van der Waals surface area contributed by atoms with Gasteiger partial charge in [-0.15, -0.1) is 22.0 Å². The van der Waals surface area contributed by atoms with Crippen LogP contribution < -0.4 is 0 Å². The maximum atomic E-state index is 6.05. The predicted octanol–water partition coefficient (Wildman–Crippen LogP) is 2.80. The number of hydrogen-bond acceptors (Lipinski definition) is 5. The van der Waals surface area contributed by atoms with Gasteiger partial charge >= 0.3 is 0 Å². The minimum absolute atomic E-state index is 0.0429. The van der Waals surface area contributed by atoms with Crippen molar-refractivity contribution in [2.45, 2.75) is 37.1 Å². The van der Waals surface area contributed by atoms with Crippen molar-refractivity contribution < 1.29 is 9.47 Å². The summed E-state index contributed by atoms with van der Waals surface area (Å²) in [5.74, 6) is 1.36. The van der Waals surface area contributed by atoms with E-state index in [-0.39, 0.29) is 17.5 Å². The summed E-state index contributed by atoms with van der Waals surface area (Å²) in [6.07, 6.45) is 2.17. The molecule has 4 heterocycles. The van der Waals surface area contributed by atoms with Gasteiger partial charge < -0.3 is 9.47 Å². The number of nitrogens with zero attached hydrogens (tertiary/aromatic N) is 3. The number of rotatable bonds is 1. The minimum Gasteiger partial charge on any atom is -0.344 e. The van der Waals surface area contributed by atoms with Gasteiger partial charge in [-0.3, -0.25) is 4.40 Å². The predicted molar refractivity (Wildman–Crippen MR) is 79.7 cm³/mol. The number of hydrogen-bond donors (Lipinski definition) is 0. The van der Waals surface area contributed by atoms with E-state index in [0.717, 1.165) is 21.7 Å². The number of ether oxygens (including phenoxy) is 2. The van der Waals surface area contributed by atoms with Crippen LogP contribution in [0.5, 0.6) is 0 Å². The van der Waals surface area contributed by atoms with Crippen LogP contribution in [0.25, 0.3) is 5.65 Å². The fourth-order valence-corrected chi connectivity index (χ4v) is 4.67. The molecule has 2 unspecified atom stereocenters. The Morgan fingerprint density at radius 3 is 3.10 bits per heavy atom. The average molecular weight is 356 g/mol. The van der Waals surface area contributed by atoms with Gasteiger partial charge in [0.05, 0.1) is 15.8 Å². The summed E-state index contributed by atoms with van der Waals surface area (Å²) < 4.78 is 15.0. The van der Waals surface area contributed by atoms with E-state index in [0.29, 0.717) is 0 Å². The monoisotopic (exact) mass is 355 g/mol. The molecule has 3 atom stereocenters. The zero-order chi connectivity index (χ0) is 13.9. The van der Waals surface area contributed by atoms with E-state index in [2.05, 4.69) is 26.1 Å². The molecule has 7 heteroatoms. The van der Waals surface area contributed by atoms with Crippen molar-refractivity contribution in [3.05, 3.63) is 28.6 Å². The normalized spacial score (nSPS) is 31.9. The highest BCUT2D eigenvalue weighted by Gasteiger charge is 2.51. The van der Waals surface area contributed by atoms with E-state index in [1.807, 2.05) is 48.3 Å². The largest absolute Gasteiger partial charge is 0.344 e. The Balaban J connectivity index is 1.75. The molecule has 0 aliphatic carbocycles. The number of aromatic nitrogens is 3. The molecule has 2 fully saturated rings. The summed E-state index contributed by atoms with van der Waals surface area (Å²) >= 11 is 5.33. The second kappa shape index (κ2) is 4.43. The molecule has 2 aliphatic rings. The zero-order valence-corrected chi connectivity index (χ0v) is 13.5.